The van der Waals surface area contributed by atoms with E-state index in [1.165, 1.54) is 24.3 Å². The molecule has 25 heavy (non-hydrogen) atoms. The maximum atomic E-state index is 12.5. The van der Waals surface area contributed by atoms with Crippen LogP contribution >= 0.6 is 0 Å². The molecule has 2 N–H and O–H groups in total. The SMILES string of the molecule is O=C1C(=O)N2c3ccccc3OC(=O)C2(O)/C1=C(\O)c1ccccc1. The lowest BCUT2D eigenvalue weighted by Gasteiger charge is -2.36. The molecule has 7 nitrogen and oxygen atoms in total. The van der Waals surface area contributed by atoms with Gasteiger partial charge in [-0.25, -0.2) is 4.79 Å². The average Bonchev–Trinajstić information content (AvgIpc) is 2.83. The minimum absolute atomic E-state index is 0.0405. The van der Waals surface area contributed by atoms with Crippen molar-refractivity contribution >= 4 is 29.1 Å². The number of hydrogen-bond donors (Lipinski definition) is 2. The van der Waals surface area contributed by atoms with Gasteiger partial charge in [-0.15, -0.1) is 0 Å². The molecule has 2 aromatic rings. The van der Waals surface area contributed by atoms with E-state index in [-0.39, 0.29) is 17.0 Å². The summed E-state index contributed by atoms with van der Waals surface area (Å²) < 4.78 is 5.08. The van der Waals surface area contributed by atoms with Crippen LogP contribution in [-0.2, 0) is 14.4 Å². The number of ketones is 1. The molecular weight excluding hydrogens is 326 g/mol. The molecule has 0 bridgehead atoms. The highest BCUT2D eigenvalue weighted by molar-refractivity contribution is 6.54. The summed E-state index contributed by atoms with van der Waals surface area (Å²) >= 11 is 0. The van der Waals surface area contributed by atoms with E-state index in [1.54, 1.807) is 30.3 Å². The molecule has 1 fully saturated rings. The third kappa shape index (κ3) is 1.87. The van der Waals surface area contributed by atoms with Crippen molar-refractivity contribution in [2.45, 2.75) is 5.72 Å². The number of benzene rings is 2. The highest BCUT2D eigenvalue weighted by Crippen LogP contribution is 2.46. The van der Waals surface area contributed by atoms with Gasteiger partial charge in [0, 0.05) is 5.56 Å². The molecule has 7 heteroatoms. The van der Waals surface area contributed by atoms with Crippen molar-refractivity contribution in [2.75, 3.05) is 4.90 Å². The second kappa shape index (κ2) is 5.02. The molecule has 1 amide bonds. The number of para-hydroxylation sites is 2. The number of anilines is 1. The minimum Gasteiger partial charge on any atom is -0.507 e. The van der Waals surface area contributed by atoms with E-state index in [2.05, 4.69) is 0 Å². The van der Waals surface area contributed by atoms with Gasteiger partial charge in [0.1, 0.15) is 11.3 Å². The Morgan fingerprint density at radius 1 is 0.960 bits per heavy atom. The molecule has 0 radical (unpaired) electrons. The van der Waals surface area contributed by atoms with Crippen LogP contribution in [0.15, 0.2) is 60.2 Å². The van der Waals surface area contributed by atoms with Crippen molar-refractivity contribution < 1.29 is 29.3 Å². The number of fused-ring (bicyclic) bond motifs is 3. The van der Waals surface area contributed by atoms with Gasteiger partial charge >= 0.3 is 11.9 Å². The number of carbonyl (C=O) groups excluding carboxylic acids is 3. The number of Topliss-reactive ketones (excluding diaryl/α,β-unsaturated/α-hetero) is 1. The second-order valence-electron chi connectivity index (χ2n) is 5.59. The van der Waals surface area contributed by atoms with Gasteiger partial charge in [0.25, 0.3) is 11.5 Å². The normalized spacial score (nSPS) is 23.9. The molecule has 124 valence electrons. The maximum Gasteiger partial charge on any atom is 0.371 e. The smallest absolute Gasteiger partial charge is 0.371 e. The Morgan fingerprint density at radius 3 is 2.32 bits per heavy atom. The number of nitrogens with zero attached hydrogens (tertiary/aromatic N) is 1. The van der Waals surface area contributed by atoms with Gasteiger partial charge in [0.05, 0.1) is 5.69 Å². The van der Waals surface area contributed by atoms with Crippen LogP contribution in [0, 0.1) is 0 Å². The van der Waals surface area contributed by atoms with Gasteiger partial charge in [-0.2, -0.15) is 0 Å². The lowest BCUT2D eigenvalue weighted by atomic mass is 9.97. The van der Waals surface area contributed by atoms with Crippen LogP contribution in [-0.4, -0.2) is 33.6 Å². The third-order valence-electron chi connectivity index (χ3n) is 4.17. The molecule has 1 saturated heterocycles. The molecule has 2 heterocycles. The maximum absolute atomic E-state index is 12.5. The van der Waals surface area contributed by atoms with E-state index < -0.39 is 34.7 Å². The van der Waals surface area contributed by atoms with E-state index in [1.807, 2.05) is 0 Å². The topological polar surface area (TPSA) is 104 Å². The summed E-state index contributed by atoms with van der Waals surface area (Å²) in [4.78, 5) is 38.0. The minimum atomic E-state index is -2.72. The Morgan fingerprint density at radius 2 is 1.60 bits per heavy atom. The highest BCUT2D eigenvalue weighted by atomic mass is 16.6. The molecule has 2 aromatic carbocycles. The number of amides is 1. The van der Waals surface area contributed by atoms with Crippen LogP contribution in [0.2, 0.25) is 0 Å². The summed E-state index contributed by atoms with van der Waals surface area (Å²) in [6.45, 7) is 0. The number of aliphatic hydroxyl groups excluding tert-OH is 1. The van der Waals surface area contributed by atoms with Crippen LogP contribution < -0.4 is 9.64 Å². The fraction of sp³-hybridized carbons (Fsp3) is 0.0556. The first-order chi connectivity index (χ1) is 12.0. The molecule has 1 atom stereocenters. The first kappa shape index (κ1) is 15.1. The zero-order valence-electron chi connectivity index (χ0n) is 12.7. The summed E-state index contributed by atoms with van der Waals surface area (Å²) in [6.07, 6.45) is 0. The van der Waals surface area contributed by atoms with Crippen molar-refractivity contribution in [2.24, 2.45) is 0 Å². The Bertz CT molecular complexity index is 965. The summed E-state index contributed by atoms with van der Waals surface area (Å²) in [5.74, 6) is -4.14. The van der Waals surface area contributed by atoms with Crippen LogP contribution in [0.4, 0.5) is 5.69 Å². The Kier molecular flexibility index (Phi) is 3.03. The number of ether oxygens (including phenoxy) is 1. The lowest BCUT2D eigenvalue weighted by Crippen LogP contribution is -2.57. The summed E-state index contributed by atoms with van der Waals surface area (Å²) in [5.41, 5.74) is -3.19. The number of hydrogen-bond acceptors (Lipinski definition) is 6. The molecule has 2 aliphatic rings. The van der Waals surface area contributed by atoms with Crippen molar-refractivity contribution in [1.82, 2.24) is 0 Å². The average molecular weight is 337 g/mol. The largest absolute Gasteiger partial charge is 0.507 e. The van der Waals surface area contributed by atoms with Crippen LogP contribution in [0.1, 0.15) is 5.56 Å². The van der Waals surface area contributed by atoms with Crippen molar-refractivity contribution in [3.63, 3.8) is 0 Å². The van der Waals surface area contributed by atoms with E-state index in [9.17, 15) is 24.6 Å². The molecule has 2 aliphatic heterocycles. The van der Waals surface area contributed by atoms with Crippen molar-refractivity contribution in [1.29, 1.82) is 0 Å². The first-order valence-corrected chi connectivity index (χ1v) is 7.38. The van der Waals surface area contributed by atoms with Gasteiger partial charge in [0.2, 0.25) is 0 Å². The van der Waals surface area contributed by atoms with Crippen molar-refractivity contribution in [3.05, 3.63) is 65.7 Å². The predicted octanol–water partition coefficient (Wildman–Crippen LogP) is 1.18. The van der Waals surface area contributed by atoms with Gasteiger partial charge in [0.15, 0.2) is 5.75 Å². The molecular formula is C18H11NO6. The summed E-state index contributed by atoms with van der Waals surface area (Å²) in [6, 6.07) is 13.9. The molecule has 1 unspecified atom stereocenters. The summed E-state index contributed by atoms with van der Waals surface area (Å²) in [7, 11) is 0. The number of rotatable bonds is 1. The van der Waals surface area contributed by atoms with Crippen LogP contribution in [0.5, 0.6) is 5.75 Å². The lowest BCUT2D eigenvalue weighted by molar-refractivity contribution is -0.153. The van der Waals surface area contributed by atoms with Crippen LogP contribution in [0.3, 0.4) is 0 Å². The second-order valence-corrected chi connectivity index (χ2v) is 5.59. The molecule has 0 spiro atoms. The molecule has 0 aliphatic carbocycles. The quantitative estimate of drug-likeness (QED) is 0.266. The number of carbonyl (C=O) groups is 3. The van der Waals surface area contributed by atoms with Gasteiger partial charge in [-0.1, -0.05) is 42.5 Å². The summed E-state index contributed by atoms with van der Waals surface area (Å²) in [5, 5.41) is 21.4. The van der Waals surface area contributed by atoms with E-state index >= 15 is 0 Å². The Balaban J connectivity index is 2.00. The highest BCUT2D eigenvalue weighted by Gasteiger charge is 2.65. The third-order valence-corrected chi connectivity index (χ3v) is 4.17. The molecule has 0 aromatic heterocycles. The fourth-order valence-electron chi connectivity index (χ4n) is 3.01. The van der Waals surface area contributed by atoms with Crippen molar-refractivity contribution in [3.8, 4) is 5.75 Å². The van der Waals surface area contributed by atoms with Gasteiger partial charge in [-0.3, -0.25) is 14.5 Å². The van der Waals surface area contributed by atoms with E-state index in [4.69, 9.17) is 4.74 Å². The number of aliphatic hydroxyl groups is 2. The predicted molar refractivity (Wildman–Crippen MR) is 85.5 cm³/mol. The number of esters is 1. The van der Waals surface area contributed by atoms with Gasteiger partial charge in [-0.05, 0) is 12.1 Å². The van der Waals surface area contributed by atoms with E-state index in [0.717, 1.165) is 0 Å². The molecule has 0 saturated carbocycles. The zero-order valence-corrected chi connectivity index (χ0v) is 12.7. The van der Waals surface area contributed by atoms with E-state index in [0.29, 0.717) is 4.90 Å². The molecule has 4 rings (SSSR count). The first-order valence-electron chi connectivity index (χ1n) is 7.38. The van der Waals surface area contributed by atoms with Gasteiger partial charge < -0.3 is 14.9 Å². The standard InChI is InChI=1S/C18H11NO6/c20-14(10-6-2-1-3-7-10)13-15(21)16(22)19-11-8-4-5-9-12(11)25-17(23)18(13,19)24/h1-9,20,24H/b14-13-. The zero-order chi connectivity index (χ0) is 17.8. The fourth-order valence-corrected chi connectivity index (χ4v) is 3.01. The van der Waals surface area contributed by atoms with Crippen LogP contribution in [0.25, 0.3) is 5.76 Å². The Labute approximate surface area is 141 Å². The monoisotopic (exact) mass is 337 g/mol. The Hall–Kier alpha value is -3.45.